The molecule has 0 fully saturated rings. The van der Waals surface area contributed by atoms with Crippen molar-refractivity contribution < 1.29 is 4.74 Å². The Morgan fingerprint density at radius 2 is 2.17 bits per heavy atom. The predicted molar refractivity (Wildman–Crippen MR) is 53.4 cm³/mol. The number of alkyl halides is 1. The van der Waals surface area contributed by atoms with Gasteiger partial charge in [-0.15, -0.1) is 0 Å². The Morgan fingerprint density at radius 3 is 3.08 bits per heavy atom. The molecule has 1 aliphatic heterocycles. The van der Waals surface area contributed by atoms with Crippen LogP contribution < -0.4 is 4.74 Å². The van der Waals surface area contributed by atoms with E-state index in [4.69, 9.17) is 4.74 Å². The van der Waals surface area contributed by atoms with Crippen molar-refractivity contribution in [2.24, 2.45) is 0 Å². The highest BCUT2D eigenvalue weighted by atomic mass is 79.9. The van der Waals surface area contributed by atoms with E-state index >= 15 is 0 Å². The topological polar surface area (TPSA) is 9.23 Å². The van der Waals surface area contributed by atoms with Crippen molar-refractivity contribution in [1.82, 2.24) is 0 Å². The van der Waals surface area contributed by atoms with E-state index < -0.39 is 0 Å². The van der Waals surface area contributed by atoms with E-state index in [9.17, 15) is 0 Å². The van der Waals surface area contributed by atoms with Gasteiger partial charge in [0.25, 0.3) is 0 Å². The molecule has 62 valence electrons. The minimum absolute atomic E-state index is 0.109. The minimum atomic E-state index is 0.109. The number of hydrogen-bond acceptors (Lipinski definition) is 1. The highest BCUT2D eigenvalue weighted by Gasteiger charge is 2.09. The van der Waals surface area contributed by atoms with E-state index in [0.717, 1.165) is 17.7 Å². The summed E-state index contributed by atoms with van der Waals surface area (Å²) in [6, 6.07) is 8.04. The van der Waals surface area contributed by atoms with Crippen LogP contribution in [0.3, 0.4) is 0 Å². The summed E-state index contributed by atoms with van der Waals surface area (Å²) in [5.74, 6) is 0.952. The van der Waals surface area contributed by atoms with Crippen molar-refractivity contribution in [3.8, 4) is 5.75 Å². The van der Waals surface area contributed by atoms with Crippen LogP contribution in [0.4, 0.5) is 0 Å². The zero-order valence-electron chi connectivity index (χ0n) is 6.53. The van der Waals surface area contributed by atoms with Gasteiger partial charge in [0.15, 0.2) is 5.01 Å². The van der Waals surface area contributed by atoms with Crippen molar-refractivity contribution in [2.75, 3.05) is 0 Å². The van der Waals surface area contributed by atoms with Gasteiger partial charge in [0.05, 0.1) is 0 Å². The molecule has 12 heavy (non-hydrogen) atoms. The summed E-state index contributed by atoms with van der Waals surface area (Å²) in [5.41, 5.74) is 1.15. The number of ether oxygens (including phenoxy) is 1. The van der Waals surface area contributed by atoms with Crippen LogP contribution in [0.2, 0.25) is 0 Å². The first-order chi connectivity index (χ1) is 5.86. The molecule has 1 aromatic carbocycles. The second kappa shape index (κ2) is 3.31. The Hall–Kier alpha value is -0.760. The van der Waals surface area contributed by atoms with Crippen LogP contribution in [-0.4, -0.2) is 5.01 Å². The largest absolute Gasteiger partial charge is 0.478 e. The SMILES string of the molecule is BrC1CC=Cc2ccccc2O1. The molecular weight excluding hydrogens is 216 g/mol. The fourth-order valence-electron chi connectivity index (χ4n) is 1.21. The molecule has 1 aliphatic rings. The fourth-order valence-corrected chi connectivity index (χ4v) is 1.63. The van der Waals surface area contributed by atoms with E-state index in [1.807, 2.05) is 18.2 Å². The Kier molecular flexibility index (Phi) is 2.17. The standard InChI is InChI=1S/C10H9BrO/c11-10-7-3-5-8-4-1-2-6-9(8)12-10/h1-6,10H,7H2. The quantitative estimate of drug-likeness (QED) is 0.616. The van der Waals surface area contributed by atoms with Gasteiger partial charge >= 0.3 is 0 Å². The molecule has 1 unspecified atom stereocenters. The molecule has 0 saturated carbocycles. The zero-order chi connectivity index (χ0) is 8.39. The van der Waals surface area contributed by atoms with Gasteiger partial charge in [-0.3, -0.25) is 0 Å². The van der Waals surface area contributed by atoms with Gasteiger partial charge in [-0.2, -0.15) is 0 Å². The molecular formula is C10H9BrO. The molecule has 0 amide bonds. The lowest BCUT2D eigenvalue weighted by Crippen LogP contribution is -2.05. The molecule has 0 N–H and O–H groups in total. The third-order valence-electron chi connectivity index (χ3n) is 1.79. The maximum Gasteiger partial charge on any atom is 0.156 e. The molecule has 0 saturated heterocycles. The molecule has 1 atom stereocenters. The molecule has 2 rings (SSSR count). The zero-order valence-corrected chi connectivity index (χ0v) is 8.12. The average molecular weight is 225 g/mol. The molecule has 1 aromatic rings. The monoisotopic (exact) mass is 224 g/mol. The first-order valence-corrected chi connectivity index (χ1v) is 4.84. The van der Waals surface area contributed by atoms with E-state index in [0.29, 0.717) is 0 Å². The summed E-state index contributed by atoms with van der Waals surface area (Å²) >= 11 is 3.43. The molecule has 0 bridgehead atoms. The summed E-state index contributed by atoms with van der Waals surface area (Å²) in [7, 11) is 0. The second-order valence-corrected chi connectivity index (χ2v) is 3.73. The third kappa shape index (κ3) is 1.53. The van der Waals surface area contributed by atoms with Gasteiger partial charge in [-0.25, -0.2) is 0 Å². The lowest BCUT2D eigenvalue weighted by Gasteiger charge is -2.10. The molecule has 0 aliphatic carbocycles. The van der Waals surface area contributed by atoms with Crippen LogP contribution in [0, 0.1) is 0 Å². The minimum Gasteiger partial charge on any atom is -0.478 e. The number of benzene rings is 1. The Balaban J connectivity index is 2.41. The van der Waals surface area contributed by atoms with Crippen molar-refractivity contribution in [3.63, 3.8) is 0 Å². The number of para-hydroxylation sites is 1. The van der Waals surface area contributed by atoms with Crippen LogP contribution in [-0.2, 0) is 0 Å². The summed E-state index contributed by atoms with van der Waals surface area (Å²) in [6.07, 6.45) is 5.12. The van der Waals surface area contributed by atoms with Crippen molar-refractivity contribution in [2.45, 2.75) is 11.4 Å². The van der Waals surface area contributed by atoms with Crippen LogP contribution in [0.25, 0.3) is 6.08 Å². The Bertz CT molecular complexity index is 306. The lowest BCUT2D eigenvalue weighted by atomic mass is 10.2. The normalized spacial score (nSPS) is 20.9. The smallest absolute Gasteiger partial charge is 0.156 e. The van der Waals surface area contributed by atoms with E-state index in [1.165, 1.54) is 0 Å². The highest BCUT2D eigenvalue weighted by molar-refractivity contribution is 9.09. The first kappa shape index (κ1) is 7.87. The maximum atomic E-state index is 5.61. The lowest BCUT2D eigenvalue weighted by molar-refractivity contribution is 0.300. The van der Waals surface area contributed by atoms with Gasteiger partial charge < -0.3 is 4.74 Å². The van der Waals surface area contributed by atoms with Gasteiger partial charge in [-0.1, -0.05) is 30.4 Å². The molecule has 0 aromatic heterocycles. The Morgan fingerprint density at radius 1 is 1.33 bits per heavy atom. The molecule has 2 heteroatoms. The summed E-state index contributed by atoms with van der Waals surface area (Å²) in [5, 5.41) is 0.109. The van der Waals surface area contributed by atoms with Crippen molar-refractivity contribution in [3.05, 3.63) is 35.9 Å². The molecule has 0 radical (unpaired) electrons. The predicted octanol–water partition coefficient (Wildman–Crippen LogP) is 3.20. The second-order valence-electron chi connectivity index (χ2n) is 2.70. The van der Waals surface area contributed by atoms with Gasteiger partial charge in [0.1, 0.15) is 5.75 Å². The Labute approximate surface area is 80.2 Å². The average Bonchev–Trinajstić information content (AvgIpc) is 2.25. The number of hydrogen-bond donors (Lipinski definition) is 0. The molecule has 1 heterocycles. The summed E-state index contributed by atoms with van der Waals surface area (Å²) < 4.78 is 5.61. The number of fused-ring (bicyclic) bond motifs is 1. The van der Waals surface area contributed by atoms with Gasteiger partial charge in [0, 0.05) is 12.0 Å². The van der Waals surface area contributed by atoms with E-state index in [2.05, 4.69) is 34.1 Å². The molecule has 1 nitrogen and oxygen atoms in total. The van der Waals surface area contributed by atoms with Crippen molar-refractivity contribution >= 4 is 22.0 Å². The van der Waals surface area contributed by atoms with E-state index in [-0.39, 0.29) is 5.01 Å². The van der Waals surface area contributed by atoms with Crippen LogP contribution in [0.5, 0.6) is 5.75 Å². The highest BCUT2D eigenvalue weighted by Crippen LogP contribution is 2.26. The maximum absolute atomic E-state index is 5.61. The number of rotatable bonds is 0. The van der Waals surface area contributed by atoms with Gasteiger partial charge in [0.2, 0.25) is 0 Å². The van der Waals surface area contributed by atoms with E-state index in [1.54, 1.807) is 0 Å². The van der Waals surface area contributed by atoms with Gasteiger partial charge in [-0.05, 0) is 22.0 Å². The van der Waals surface area contributed by atoms with Crippen LogP contribution in [0.15, 0.2) is 30.3 Å². The summed E-state index contributed by atoms with van der Waals surface area (Å²) in [6.45, 7) is 0. The summed E-state index contributed by atoms with van der Waals surface area (Å²) in [4.78, 5) is 0. The third-order valence-corrected chi connectivity index (χ3v) is 2.35. The van der Waals surface area contributed by atoms with Crippen LogP contribution >= 0.6 is 15.9 Å². The van der Waals surface area contributed by atoms with Crippen LogP contribution in [0.1, 0.15) is 12.0 Å². The number of halogens is 1. The first-order valence-electron chi connectivity index (χ1n) is 3.92. The molecule has 0 spiro atoms. The fraction of sp³-hybridized carbons (Fsp3) is 0.200. The van der Waals surface area contributed by atoms with Crippen molar-refractivity contribution in [1.29, 1.82) is 0 Å².